The van der Waals surface area contributed by atoms with Crippen LogP contribution in [-0.2, 0) is 6.42 Å². The fraction of sp³-hybridized carbons (Fsp3) is 0.214. The second-order valence-corrected chi connectivity index (χ2v) is 4.70. The zero-order valence-electron chi connectivity index (χ0n) is 10.1. The van der Waals surface area contributed by atoms with Crippen molar-refractivity contribution in [1.82, 2.24) is 0 Å². The number of nitrogens with zero attached hydrogens (tertiary/aromatic N) is 1. The van der Waals surface area contributed by atoms with Gasteiger partial charge < -0.3 is 5.73 Å². The number of aryl methyl sites for hydroxylation is 1. The van der Waals surface area contributed by atoms with Crippen molar-refractivity contribution in [3.05, 3.63) is 46.2 Å². The van der Waals surface area contributed by atoms with E-state index in [1.807, 2.05) is 17.7 Å². The van der Waals surface area contributed by atoms with Crippen LogP contribution >= 0.6 is 11.3 Å². The van der Waals surface area contributed by atoms with Gasteiger partial charge in [0.25, 0.3) is 0 Å². The van der Waals surface area contributed by atoms with Crippen molar-refractivity contribution in [2.24, 2.45) is 4.99 Å². The van der Waals surface area contributed by atoms with Crippen LogP contribution in [0.4, 0.5) is 11.4 Å². The topological polar surface area (TPSA) is 38.4 Å². The number of rotatable bonds is 3. The van der Waals surface area contributed by atoms with Crippen molar-refractivity contribution in [2.45, 2.75) is 20.3 Å². The molecule has 0 saturated heterocycles. The molecule has 0 aliphatic rings. The normalized spacial score (nSPS) is 11.8. The molecule has 2 nitrogen and oxygen atoms in total. The third-order valence-electron chi connectivity index (χ3n) is 2.74. The number of nitrogen functional groups attached to an aromatic ring is 1. The lowest BCUT2D eigenvalue weighted by atomic mass is 10.1. The number of anilines is 1. The van der Waals surface area contributed by atoms with Crippen molar-refractivity contribution in [1.29, 1.82) is 0 Å². The van der Waals surface area contributed by atoms with E-state index in [0.29, 0.717) is 0 Å². The van der Waals surface area contributed by atoms with Crippen LogP contribution in [0, 0.1) is 0 Å². The fourth-order valence-electron chi connectivity index (χ4n) is 1.62. The van der Waals surface area contributed by atoms with E-state index in [4.69, 9.17) is 5.73 Å². The van der Waals surface area contributed by atoms with Gasteiger partial charge in [0.1, 0.15) is 0 Å². The summed E-state index contributed by atoms with van der Waals surface area (Å²) in [6.07, 6.45) is 1.06. The van der Waals surface area contributed by atoms with Crippen LogP contribution in [0.3, 0.4) is 0 Å². The molecule has 0 aliphatic heterocycles. The molecule has 2 aromatic rings. The summed E-state index contributed by atoms with van der Waals surface area (Å²) >= 11 is 1.58. The highest BCUT2D eigenvalue weighted by molar-refractivity contribution is 7.08. The number of benzene rings is 1. The minimum Gasteiger partial charge on any atom is -0.396 e. The summed E-state index contributed by atoms with van der Waals surface area (Å²) in [6.45, 7) is 4.17. The second-order valence-electron chi connectivity index (χ2n) is 3.96. The predicted molar refractivity (Wildman–Crippen MR) is 76.4 cm³/mol. The molecule has 0 aliphatic carbocycles. The predicted octanol–water partition coefficient (Wildman–Crippen LogP) is 4.03. The Morgan fingerprint density at radius 2 is 1.94 bits per heavy atom. The van der Waals surface area contributed by atoms with E-state index in [2.05, 4.69) is 36.2 Å². The van der Waals surface area contributed by atoms with E-state index in [9.17, 15) is 0 Å². The Balaban J connectivity index is 2.27. The molecule has 2 rings (SSSR count). The van der Waals surface area contributed by atoms with Crippen LogP contribution in [0.15, 0.2) is 40.0 Å². The highest BCUT2D eigenvalue weighted by Crippen LogP contribution is 2.26. The van der Waals surface area contributed by atoms with Gasteiger partial charge in [-0.3, -0.25) is 4.99 Å². The molecule has 2 N–H and O–H groups in total. The summed E-state index contributed by atoms with van der Waals surface area (Å²) in [5.74, 6) is 0. The molecular weight excluding hydrogens is 228 g/mol. The smallest absolute Gasteiger partial charge is 0.0969 e. The minimum atomic E-state index is 0.750. The Morgan fingerprint density at radius 3 is 2.47 bits per heavy atom. The van der Waals surface area contributed by atoms with Crippen molar-refractivity contribution in [2.75, 3.05) is 5.73 Å². The quantitative estimate of drug-likeness (QED) is 0.813. The first-order chi connectivity index (χ1) is 8.20. The molecule has 17 heavy (non-hydrogen) atoms. The van der Waals surface area contributed by atoms with Gasteiger partial charge in [0.05, 0.1) is 11.4 Å². The van der Waals surface area contributed by atoms with Gasteiger partial charge >= 0.3 is 0 Å². The third-order valence-corrected chi connectivity index (χ3v) is 3.49. The number of thiophene rings is 1. The monoisotopic (exact) mass is 244 g/mol. The molecule has 0 unspecified atom stereocenters. The van der Waals surface area contributed by atoms with Gasteiger partial charge in [-0.1, -0.05) is 31.2 Å². The molecule has 0 spiro atoms. The van der Waals surface area contributed by atoms with Crippen molar-refractivity contribution in [3.63, 3.8) is 0 Å². The molecular formula is C14H16N2S. The first-order valence-electron chi connectivity index (χ1n) is 5.67. The maximum atomic E-state index is 5.82. The Kier molecular flexibility index (Phi) is 3.59. The van der Waals surface area contributed by atoms with E-state index < -0.39 is 0 Å². The lowest BCUT2D eigenvalue weighted by Gasteiger charge is -2.02. The standard InChI is InChI=1S/C14H16N2S/c1-3-11-4-6-12(7-5-11)10(2)16-14-9-17-8-13(14)15/h4-9H,3,15H2,1-2H3/b16-10-. The molecule has 0 bridgehead atoms. The summed E-state index contributed by atoms with van der Waals surface area (Å²) in [4.78, 5) is 4.55. The Bertz CT molecular complexity index is 523. The van der Waals surface area contributed by atoms with E-state index >= 15 is 0 Å². The Morgan fingerprint density at radius 1 is 1.24 bits per heavy atom. The average molecular weight is 244 g/mol. The van der Waals surface area contributed by atoms with Gasteiger partial charge in [-0.25, -0.2) is 0 Å². The van der Waals surface area contributed by atoms with E-state index in [1.165, 1.54) is 5.56 Å². The van der Waals surface area contributed by atoms with Crippen LogP contribution in [0.1, 0.15) is 25.0 Å². The second kappa shape index (κ2) is 5.15. The van der Waals surface area contributed by atoms with Gasteiger partial charge in [-0.15, -0.1) is 11.3 Å². The zero-order valence-corrected chi connectivity index (χ0v) is 10.9. The van der Waals surface area contributed by atoms with E-state index in [-0.39, 0.29) is 0 Å². The highest BCUT2D eigenvalue weighted by atomic mass is 32.1. The van der Waals surface area contributed by atoms with Crippen LogP contribution < -0.4 is 5.73 Å². The molecule has 0 amide bonds. The van der Waals surface area contributed by atoms with E-state index in [1.54, 1.807) is 11.3 Å². The first-order valence-corrected chi connectivity index (χ1v) is 6.61. The molecule has 0 fully saturated rings. The average Bonchev–Trinajstić information content (AvgIpc) is 2.75. The number of nitrogens with two attached hydrogens (primary N) is 1. The van der Waals surface area contributed by atoms with Crippen LogP contribution in [0.25, 0.3) is 0 Å². The number of hydrogen-bond acceptors (Lipinski definition) is 3. The van der Waals surface area contributed by atoms with Gasteiger partial charge in [-0.2, -0.15) is 0 Å². The van der Waals surface area contributed by atoms with Gasteiger partial charge in [-0.05, 0) is 24.5 Å². The Hall–Kier alpha value is -1.61. The van der Waals surface area contributed by atoms with Crippen molar-refractivity contribution in [3.8, 4) is 0 Å². The third kappa shape index (κ3) is 2.74. The highest BCUT2D eigenvalue weighted by Gasteiger charge is 2.01. The summed E-state index contributed by atoms with van der Waals surface area (Å²) < 4.78 is 0. The largest absolute Gasteiger partial charge is 0.396 e. The lowest BCUT2D eigenvalue weighted by Crippen LogP contribution is -1.94. The molecule has 0 saturated carbocycles. The van der Waals surface area contributed by atoms with E-state index in [0.717, 1.165) is 29.1 Å². The Labute approximate surface area is 106 Å². The number of aliphatic imine (C=N–C) groups is 1. The van der Waals surface area contributed by atoms with Gasteiger partial charge in [0.2, 0.25) is 0 Å². The molecule has 0 atom stereocenters. The number of hydrogen-bond donors (Lipinski definition) is 1. The maximum Gasteiger partial charge on any atom is 0.0969 e. The summed E-state index contributed by atoms with van der Waals surface area (Å²) in [6, 6.07) is 8.51. The molecule has 88 valence electrons. The van der Waals surface area contributed by atoms with Crippen molar-refractivity contribution >= 4 is 28.4 Å². The van der Waals surface area contributed by atoms with Crippen molar-refractivity contribution < 1.29 is 0 Å². The van der Waals surface area contributed by atoms with Gasteiger partial charge in [0, 0.05) is 16.5 Å². The summed E-state index contributed by atoms with van der Waals surface area (Å²) in [5.41, 5.74) is 10.9. The van der Waals surface area contributed by atoms with Crippen LogP contribution in [-0.4, -0.2) is 5.71 Å². The molecule has 1 aromatic carbocycles. The maximum absolute atomic E-state index is 5.82. The molecule has 3 heteroatoms. The minimum absolute atomic E-state index is 0.750. The summed E-state index contributed by atoms with van der Waals surface area (Å²) in [7, 11) is 0. The van der Waals surface area contributed by atoms with Gasteiger partial charge in [0.15, 0.2) is 0 Å². The first kappa shape index (κ1) is 11.9. The fourth-order valence-corrected chi connectivity index (χ4v) is 2.27. The van der Waals surface area contributed by atoms with Crippen LogP contribution in [0.2, 0.25) is 0 Å². The summed E-state index contributed by atoms with van der Waals surface area (Å²) in [5, 5.41) is 3.88. The van der Waals surface area contributed by atoms with Crippen LogP contribution in [0.5, 0.6) is 0 Å². The molecule has 1 aromatic heterocycles. The molecule has 1 heterocycles. The zero-order chi connectivity index (χ0) is 12.3. The SMILES string of the molecule is CCc1ccc(/C(C)=N\c2cscc2N)cc1. The lowest BCUT2D eigenvalue weighted by molar-refractivity contribution is 1.14. The molecule has 0 radical (unpaired) electrons.